The Labute approximate surface area is 123 Å². The van der Waals surface area contributed by atoms with Gasteiger partial charge in [0.25, 0.3) is 0 Å². The standard InChI is InChI=1S/C16H19N3O2/c1-19-10-13(8-15(19)20)17-9-12-7-11-5-3-4-6-14(11)18-16(12)21-2/h3-7,13,17H,8-10H2,1-2H3. The molecule has 0 saturated carbocycles. The molecule has 3 rings (SSSR count). The van der Waals surface area contributed by atoms with E-state index >= 15 is 0 Å². The number of aromatic nitrogens is 1. The molecule has 1 N–H and O–H groups in total. The van der Waals surface area contributed by atoms with Crippen LogP contribution in [0.15, 0.2) is 30.3 Å². The predicted octanol–water partition coefficient (Wildman–Crippen LogP) is 1.56. The average molecular weight is 285 g/mol. The number of hydrogen-bond donors (Lipinski definition) is 1. The van der Waals surface area contributed by atoms with Gasteiger partial charge < -0.3 is 15.0 Å². The number of likely N-dealkylation sites (tertiary alicyclic amines) is 1. The number of pyridine rings is 1. The molecule has 1 aliphatic rings. The third kappa shape index (κ3) is 2.83. The van der Waals surface area contributed by atoms with E-state index in [0.717, 1.165) is 23.0 Å². The summed E-state index contributed by atoms with van der Waals surface area (Å²) in [6, 6.07) is 10.3. The van der Waals surface area contributed by atoms with Gasteiger partial charge in [0.2, 0.25) is 11.8 Å². The number of nitrogens with zero attached hydrogens (tertiary/aromatic N) is 2. The normalized spacial score (nSPS) is 18.5. The Bertz CT molecular complexity index is 672. The molecule has 1 fully saturated rings. The maximum absolute atomic E-state index is 11.5. The Morgan fingerprint density at radius 2 is 2.24 bits per heavy atom. The molecule has 1 aromatic heterocycles. The van der Waals surface area contributed by atoms with Crippen LogP contribution in [0.25, 0.3) is 10.9 Å². The van der Waals surface area contributed by atoms with Gasteiger partial charge in [-0.2, -0.15) is 0 Å². The van der Waals surface area contributed by atoms with Gasteiger partial charge in [0.15, 0.2) is 0 Å². The van der Waals surface area contributed by atoms with E-state index in [2.05, 4.69) is 16.4 Å². The van der Waals surface area contributed by atoms with Crippen LogP contribution in [-0.4, -0.2) is 42.5 Å². The molecule has 0 spiro atoms. The lowest BCUT2D eigenvalue weighted by molar-refractivity contribution is -0.126. The van der Waals surface area contributed by atoms with Gasteiger partial charge >= 0.3 is 0 Å². The zero-order valence-corrected chi connectivity index (χ0v) is 12.3. The van der Waals surface area contributed by atoms with Crippen LogP contribution in [0.1, 0.15) is 12.0 Å². The second-order valence-electron chi connectivity index (χ2n) is 5.41. The summed E-state index contributed by atoms with van der Waals surface area (Å²) in [5, 5.41) is 4.51. The first kappa shape index (κ1) is 13.8. The predicted molar refractivity (Wildman–Crippen MR) is 81.2 cm³/mol. The van der Waals surface area contributed by atoms with Crippen LogP contribution in [0, 0.1) is 0 Å². The van der Waals surface area contributed by atoms with Gasteiger partial charge in [0, 0.05) is 43.5 Å². The van der Waals surface area contributed by atoms with E-state index in [1.165, 1.54) is 0 Å². The van der Waals surface area contributed by atoms with Crippen LogP contribution in [0.5, 0.6) is 5.88 Å². The zero-order chi connectivity index (χ0) is 14.8. The van der Waals surface area contributed by atoms with Crippen LogP contribution >= 0.6 is 0 Å². The molecule has 1 saturated heterocycles. The smallest absolute Gasteiger partial charge is 0.224 e. The summed E-state index contributed by atoms with van der Waals surface area (Å²) in [5.41, 5.74) is 1.94. The first-order valence-electron chi connectivity index (χ1n) is 7.07. The number of ether oxygens (including phenoxy) is 1. The number of hydrogen-bond acceptors (Lipinski definition) is 4. The molecule has 1 unspecified atom stereocenters. The molecule has 1 atom stereocenters. The lowest BCUT2D eigenvalue weighted by atomic mass is 10.1. The first-order valence-corrected chi connectivity index (χ1v) is 7.07. The minimum absolute atomic E-state index is 0.191. The highest BCUT2D eigenvalue weighted by atomic mass is 16.5. The summed E-state index contributed by atoms with van der Waals surface area (Å²) < 4.78 is 5.38. The lowest BCUT2D eigenvalue weighted by Crippen LogP contribution is -2.31. The highest BCUT2D eigenvalue weighted by molar-refractivity contribution is 5.80. The number of rotatable bonds is 4. The zero-order valence-electron chi connectivity index (χ0n) is 12.3. The van der Waals surface area contributed by atoms with Crippen LogP contribution in [0.4, 0.5) is 0 Å². The molecule has 1 amide bonds. The number of likely N-dealkylation sites (N-methyl/N-ethyl adjacent to an activating group) is 1. The summed E-state index contributed by atoms with van der Waals surface area (Å²) in [6.45, 7) is 1.40. The molecular formula is C16H19N3O2. The minimum Gasteiger partial charge on any atom is -0.481 e. The van der Waals surface area contributed by atoms with Crippen molar-refractivity contribution in [1.82, 2.24) is 15.2 Å². The van der Waals surface area contributed by atoms with Gasteiger partial charge in [-0.25, -0.2) is 4.98 Å². The molecule has 1 aliphatic heterocycles. The topological polar surface area (TPSA) is 54.5 Å². The van der Waals surface area contributed by atoms with E-state index in [4.69, 9.17) is 4.74 Å². The lowest BCUT2D eigenvalue weighted by Gasteiger charge is -2.14. The fraction of sp³-hybridized carbons (Fsp3) is 0.375. The highest BCUT2D eigenvalue weighted by Gasteiger charge is 2.26. The Morgan fingerprint density at radius 1 is 1.43 bits per heavy atom. The second kappa shape index (κ2) is 5.69. The van der Waals surface area contributed by atoms with E-state index in [-0.39, 0.29) is 11.9 Å². The van der Waals surface area contributed by atoms with E-state index in [0.29, 0.717) is 18.8 Å². The largest absolute Gasteiger partial charge is 0.481 e. The van der Waals surface area contributed by atoms with Gasteiger partial charge in [-0.3, -0.25) is 4.79 Å². The average Bonchev–Trinajstić information content (AvgIpc) is 2.82. The number of benzene rings is 1. The third-order valence-corrected chi connectivity index (χ3v) is 3.88. The molecule has 2 heterocycles. The number of para-hydroxylation sites is 1. The number of carbonyl (C=O) groups excluding carboxylic acids is 1. The van der Waals surface area contributed by atoms with E-state index < -0.39 is 0 Å². The molecular weight excluding hydrogens is 266 g/mol. The van der Waals surface area contributed by atoms with E-state index in [1.54, 1.807) is 12.0 Å². The monoisotopic (exact) mass is 285 g/mol. The number of methoxy groups -OCH3 is 1. The Morgan fingerprint density at radius 3 is 2.95 bits per heavy atom. The first-order chi connectivity index (χ1) is 10.2. The van der Waals surface area contributed by atoms with E-state index in [9.17, 15) is 4.79 Å². The Hall–Kier alpha value is -2.14. The Balaban J connectivity index is 1.78. The number of amides is 1. The van der Waals surface area contributed by atoms with Gasteiger partial charge in [-0.15, -0.1) is 0 Å². The van der Waals surface area contributed by atoms with Crippen LogP contribution in [0.3, 0.4) is 0 Å². The maximum atomic E-state index is 11.5. The van der Waals surface area contributed by atoms with Crippen molar-refractivity contribution in [2.24, 2.45) is 0 Å². The molecule has 1 aromatic carbocycles. The molecule has 0 radical (unpaired) electrons. The van der Waals surface area contributed by atoms with Gasteiger partial charge in [-0.05, 0) is 12.1 Å². The molecule has 5 heteroatoms. The number of carbonyl (C=O) groups is 1. The van der Waals surface area contributed by atoms with Gasteiger partial charge in [0.1, 0.15) is 0 Å². The summed E-state index contributed by atoms with van der Waals surface area (Å²) in [7, 11) is 3.47. The van der Waals surface area contributed by atoms with Gasteiger partial charge in [0.05, 0.1) is 12.6 Å². The SMILES string of the molecule is COc1nc2ccccc2cc1CNC1CC(=O)N(C)C1. The van der Waals surface area contributed by atoms with Crippen molar-refractivity contribution in [3.63, 3.8) is 0 Å². The summed E-state index contributed by atoms with van der Waals surface area (Å²) in [6.07, 6.45) is 0.555. The van der Waals surface area contributed by atoms with Gasteiger partial charge in [-0.1, -0.05) is 18.2 Å². The third-order valence-electron chi connectivity index (χ3n) is 3.88. The molecule has 0 aliphatic carbocycles. The number of nitrogens with one attached hydrogen (secondary N) is 1. The molecule has 0 bridgehead atoms. The minimum atomic E-state index is 0.191. The second-order valence-corrected chi connectivity index (χ2v) is 5.41. The summed E-state index contributed by atoms with van der Waals surface area (Å²) in [4.78, 5) is 17.8. The number of fused-ring (bicyclic) bond motifs is 1. The quantitative estimate of drug-likeness (QED) is 0.926. The van der Waals surface area contributed by atoms with Crippen molar-refractivity contribution in [1.29, 1.82) is 0 Å². The highest BCUT2D eigenvalue weighted by Crippen LogP contribution is 2.22. The van der Waals surface area contributed by atoms with Crippen molar-refractivity contribution < 1.29 is 9.53 Å². The van der Waals surface area contributed by atoms with Crippen molar-refractivity contribution in [3.8, 4) is 5.88 Å². The van der Waals surface area contributed by atoms with E-state index in [1.807, 2.05) is 31.3 Å². The molecule has 5 nitrogen and oxygen atoms in total. The maximum Gasteiger partial charge on any atom is 0.224 e. The van der Waals surface area contributed by atoms with Crippen molar-refractivity contribution >= 4 is 16.8 Å². The molecule has 21 heavy (non-hydrogen) atoms. The molecule has 2 aromatic rings. The fourth-order valence-electron chi connectivity index (χ4n) is 2.70. The summed E-state index contributed by atoms with van der Waals surface area (Å²) in [5.74, 6) is 0.829. The summed E-state index contributed by atoms with van der Waals surface area (Å²) >= 11 is 0. The van der Waals surface area contributed by atoms with Crippen LogP contribution in [0.2, 0.25) is 0 Å². The van der Waals surface area contributed by atoms with Crippen LogP contribution < -0.4 is 10.1 Å². The van der Waals surface area contributed by atoms with Crippen molar-refractivity contribution in [2.45, 2.75) is 19.0 Å². The van der Waals surface area contributed by atoms with Crippen LogP contribution in [-0.2, 0) is 11.3 Å². The molecule has 110 valence electrons. The van der Waals surface area contributed by atoms with Crippen molar-refractivity contribution in [3.05, 3.63) is 35.9 Å². The van der Waals surface area contributed by atoms with Crippen molar-refractivity contribution in [2.75, 3.05) is 20.7 Å². The fourth-order valence-corrected chi connectivity index (χ4v) is 2.70. The Kier molecular flexibility index (Phi) is 3.75.